The number of rotatable bonds is 5. The van der Waals surface area contributed by atoms with Crippen LogP contribution in [0.4, 0.5) is 13.2 Å². The fourth-order valence-corrected chi connectivity index (χ4v) is 2.69. The van der Waals surface area contributed by atoms with Crippen LogP contribution in [0.5, 0.6) is 5.88 Å². The highest BCUT2D eigenvalue weighted by molar-refractivity contribution is 6.00. The molecule has 2 aromatic carbocycles. The maximum Gasteiger partial charge on any atom is 0.416 e. The monoisotopic (exact) mass is 386 g/mol. The maximum absolute atomic E-state index is 12.8. The first kappa shape index (κ1) is 19.4. The van der Waals surface area contributed by atoms with E-state index >= 15 is 0 Å². The molecule has 3 aromatic rings. The molecule has 0 bridgehead atoms. The molecule has 1 amide bonds. The Kier molecular flexibility index (Phi) is 5.63. The summed E-state index contributed by atoms with van der Waals surface area (Å²) in [6, 6.07) is 15.0. The van der Waals surface area contributed by atoms with Gasteiger partial charge in [0.1, 0.15) is 0 Å². The molecule has 0 unspecified atom stereocenters. The molecule has 0 fully saturated rings. The van der Waals surface area contributed by atoms with Gasteiger partial charge >= 0.3 is 6.18 Å². The zero-order chi connectivity index (χ0) is 20.1. The number of pyridine rings is 1. The zero-order valence-electron chi connectivity index (χ0n) is 15.0. The van der Waals surface area contributed by atoms with Crippen LogP contribution in [0.15, 0.2) is 66.9 Å². The first-order valence-corrected chi connectivity index (χ1v) is 8.42. The van der Waals surface area contributed by atoms with E-state index in [4.69, 9.17) is 4.74 Å². The van der Waals surface area contributed by atoms with E-state index in [-0.39, 0.29) is 12.5 Å². The van der Waals surface area contributed by atoms with Gasteiger partial charge in [0.25, 0.3) is 5.91 Å². The van der Waals surface area contributed by atoms with Crippen LogP contribution in [-0.2, 0) is 12.7 Å². The number of nitrogens with zero attached hydrogens (tertiary/aromatic N) is 1. The minimum absolute atomic E-state index is 0.261. The van der Waals surface area contributed by atoms with Gasteiger partial charge in [-0.25, -0.2) is 4.98 Å². The lowest BCUT2D eigenvalue weighted by atomic mass is 9.98. The number of hydrogen-bond donors (Lipinski definition) is 1. The van der Waals surface area contributed by atoms with E-state index in [1.807, 2.05) is 0 Å². The Morgan fingerprint density at radius 2 is 1.75 bits per heavy atom. The van der Waals surface area contributed by atoms with E-state index in [1.165, 1.54) is 19.2 Å². The number of carbonyl (C=O) groups is 1. The number of alkyl halides is 3. The lowest BCUT2D eigenvalue weighted by Crippen LogP contribution is -2.23. The molecule has 7 heteroatoms. The third-order valence-corrected chi connectivity index (χ3v) is 4.15. The summed E-state index contributed by atoms with van der Waals surface area (Å²) in [7, 11) is 1.52. The summed E-state index contributed by atoms with van der Waals surface area (Å²) < 4.78 is 43.3. The summed E-state index contributed by atoms with van der Waals surface area (Å²) in [5, 5.41) is 2.80. The molecule has 0 aliphatic carbocycles. The lowest BCUT2D eigenvalue weighted by molar-refractivity contribution is -0.137. The fraction of sp³-hybridized carbons (Fsp3) is 0.143. The largest absolute Gasteiger partial charge is 0.481 e. The summed E-state index contributed by atoms with van der Waals surface area (Å²) in [6.45, 7) is 0.261. The number of aromatic nitrogens is 1. The normalized spacial score (nSPS) is 11.1. The standard InChI is InChI=1S/C21H17F3N2O2/c1-28-19-11-6-14(12-25-19)13-26-20(27)18-5-3-2-4-17(18)15-7-9-16(10-8-15)21(22,23)24/h2-12H,13H2,1H3,(H,26,27). The van der Waals surface area contributed by atoms with Crippen LogP contribution in [0.1, 0.15) is 21.5 Å². The summed E-state index contributed by atoms with van der Waals surface area (Å²) in [6.07, 6.45) is -2.80. The molecule has 0 saturated carbocycles. The summed E-state index contributed by atoms with van der Waals surface area (Å²) in [5.41, 5.74) is 1.53. The Morgan fingerprint density at radius 1 is 1.04 bits per heavy atom. The van der Waals surface area contributed by atoms with E-state index in [0.29, 0.717) is 22.6 Å². The van der Waals surface area contributed by atoms with Gasteiger partial charge in [-0.1, -0.05) is 36.4 Å². The molecule has 1 aromatic heterocycles. The fourth-order valence-electron chi connectivity index (χ4n) is 2.69. The van der Waals surface area contributed by atoms with Crippen LogP contribution < -0.4 is 10.1 Å². The summed E-state index contributed by atoms with van der Waals surface area (Å²) in [4.78, 5) is 16.7. The molecule has 0 aliphatic rings. The minimum atomic E-state index is -4.40. The van der Waals surface area contributed by atoms with Gasteiger partial charge in [0.2, 0.25) is 5.88 Å². The van der Waals surface area contributed by atoms with Crippen molar-refractivity contribution in [1.29, 1.82) is 0 Å². The number of ether oxygens (including phenoxy) is 1. The van der Waals surface area contributed by atoms with Crippen molar-refractivity contribution in [2.24, 2.45) is 0 Å². The van der Waals surface area contributed by atoms with Gasteiger partial charge < -0.3 is 10.1 Å². The first-order valence-electron chi connectivity index (χ1n) is 8.42. The molecule has 0 radical (unpaired) electrons. The van der Waals surface area contributed by atoms with E-state index in [2.05, 4.69) is 10.3 Å². The van der Waals surface area contributed by atoms with Crippen molar-refractivity contribution in [3.8, 4) is 17.0 Å². The van der Waals surface area contributed by atoms with E-state index in [9.17, 15) is 18.0 Å². The van der Waals surface area contributed by atoms with Crippen molar-refractivity contribution >= 4 is 5.91 Å². The third-order valence-electron chi connectivity index (χ3n) is 4.15. The van der Waals surface area contributed by atoms with Gasteiger partial charge in [-0.2, -0.15) is 13.2 Å². The van der Waals surface area contributed by atoms with Crippen LogP contribution in [0, 0.1) is 0 Å². The quantitative estimate of drug-likeness (QED) is 0.691. The number of hydrogen-bond acceptors (Lipinski definition) is 3. The molecule has 0 spiro atoms. The first-order chi connectivity index (χ1) is 13.4. The Hall–Kier alpha value is -3.35. The third kappa shape index (κ3) is 4.49. The minimum Gasteiger partial charge on any atom is -0.481 e. The van der Waals surface area contributed by atoms with Crippen molar-refractivity contribution in [3.05, 3.63) is 83.6 Å². The number of methoxy groups -OCH3 is 1. The highest BCUT2D eigenvalue weighted by Crippen LogP contribution is 2.31. The highest BCUT2D eigenvalue weighted by atomic mass is 19.4. The summed E-state index contributed by atoms with van der Waals surface area (Å²) in [5.74, 6) is 0.147. The molecular formula is C21H17F3N2O2. The van der Waals surface area contributed by atoms with Gasteiger partial charge in [-0.3, -0.25) is 4.79 Å². The molecule has 0 atom stereocenters. The topological polar surface area (TPSA) is 51.2 Å². The van der Waals surface area contributed by atoms with Crippen LogP contribution in [-0.4, -0.2) is 18.0 Å². The highest BCUT2D eigenvalue weighted by Gasteiger charge is 2.30. The molecule has 4 nitrogen and oxygen atoms in total. The smallest absolute Gasteiger partial charge is 0.416 e. The molecule has 144 valence electrons. The second-order valence-corrected chi connectivity index (χ2v) is 6.01. The van der Waals surface area contributed by atoms with E-state index < -0.39 is 11.7 Å². The molecule has 28 heavy (non-hydrogen) atoms. The van der Waals surface area contributed by atoms with Crippen LogP contribution in [0.2, 0.25) is 0 Å². The Morgan fingerprint density at radius 3 is 2.36 bits per heavy atom. The Labute approximate surface area is 160 Å². The Balaban J connectivity index is 1.78. The van der Waals surface area contributed by atoms with Crippen molar-refractivity contribution in [2.75, 3.05) is 7.11 Å². The summed E-state index contributed by atoms with van der Waals surface area (Å²) >= 11 is 0. The Bertz CT molecular complexity index is 953. The SMILES string of the molecule is COc1ccc(CNC(=O)c2ccccc2-c2ccc(C(F)(F)F)cc2)cn1. The molecule has 1 N–H and O–H groups in total. The van der Waals surface area contributed by atoms with E-state index in [0.717, 1.165) is 17.7 Å². The van der Waals surface area contributed by atoms with Crippen molar-refractivity contribution in [1.82, 2.24) is 10.3 Å². The zero-order valence-corrected chi connectivity index (χ0v) is 15.0. The molecule has 1 heterocycles. The number of carbonyl (C=O) groups excluding carboxylic acids is 1. The number of halogens is 3. The van der Waals surface area contributed by atoms with Gasteiger partial charge in [-0.05, 0) is 34.9 Å². The van der Waals surface area contributed by atoms with Gasteiger partial charge in [0.05, 0.1) is 12.7 Å². The number of benzene rings is 2. The van der Waals surface area contributed by atoms with E-state index in [1.54, 1.807) is 42.6 Å². The predicted molar refractivity (Wildman–Crippen MR) is 98.8 cm³/mol. The molecule has 0 saturated heterocycles. The maximum atomic E-state index is 12.8. The average molecular weight is 386 g/mol. The predicted octanol–water partition coefficient (Wildman–Crippen LogP) is 4.71. The number of nitrogens with one attached hydrogen (secondary N) is 1. The average Bonchev–Trinajstić information content (AvgIpc) is 2.72. The van der Waals surface area contributed by atoms with Gasteiger partial charge in [0.15, 0.2) is 0 Å². The lowest BCUT2D eigenvalue weighted by Gasteiger charge is -2.12. The van der Waals surface area contributed by atoms with Gasteiger partial charge in [-0.15, -0.1) is 0 Å². The van der Waals surface area contributed by atoms with Crippen LogP contribution >= 0.6 is 0 Å². The second-order valence-electron chi connectivity index (χ2n) is 6.01. The molecular weight excluding hydrogens is 369 g/mol. The van der Waals surface area contributed by atoms with Crippen LogP contribution in [0.3, 0.4) is 0 Å². The van der Waals surface area contributed by atoms with Crippen molar-refractivity contribution in [3.63, 3.8) is 0 Å². The van der Waals surface area contributed by atoms with Crippen molar-refractivity contribution < 1.29 is 22.7 Å². The molecule has 3 rings (SSSR count). The van der Waals surface area contributed by atoms with Gasteiger partial charge in [0, 0.05) is 24.4 Å². The number of amides is 1. The second kappa shape index (κ2) is 8.12. The van der Waals surface area contributed by atoms with Crippen LogP contribution in [0.25, 0.3) is 11.1 Å². The van der Waals surface area contributed by atoms with Crippen molar-refractivity contribution in [2.45, 2.75) is 12.7 Å². The molecule has 0 aliphatic heterocycles.